The number of nitrogens with zero attached hydrogens (tertiary/aromatic N) is 1. The molecule has 0 bridgehead atoms. The molecule has 0 aromatic carbocycles. The van der Waals surface area contributed by atoms with Gasteiger partial charge in [-0.25, -0.2) is 0 Å². The summed E-state index contributed by atoms with van der Waals surface area (Å²) in [6, 6.07) is 0. The minimum atomic E-state index is 0.700. The van der Waals surface area contributed by atoms with Crippen LogP contribution in [-0.2, 0) is 0 Å². The van der Waals surface area contributed by atoms with Crippen molar-refractivity contribution in [3.8, 4) is 0 Å². The standard InChI is InChI=1S/C23H34N2/c1-3-8-20(9-4-1)10-7-15-24-19-21-18-23(21)13-16-25(17-14-23)22-11-5-2-6-12-22/h1-3,5,8,11,21,24H,4,6-7,9-10,12-19H2. The highest BCUT2D eigenvalue weighted by molar-refractivity contribution is 5.19. The van der Waals surface area contributed by atoms with E-state index in [-0.39, 0.29) is 0 Å². The predicted octanol–water partition coefficient (Wildman–Crippen LogP) is 4.97. The highest BCUT2D eigenvalue weighted by Crippen LogP contribution is 2.59. The predicted molar refractivity (Wildman–Crippen MR) is 106 cm³/mol. The summed E-state index contributed by atoms with van der Waals surface area (Å²) in [6.45, 7) is 5.03. The molecule has 1 N–H and O–H groups in total. The quantitative estimate of drug-likeness (QED) is 0.659. The van der Waals surface area contributed by atoms with Crippen molar-refractivity contribution < 1.29 is 0 Å². The first-order valence-electron chi connectivity index (χ1n) is 10.5. The molecule has 25 heavy (non-hydrogen) atoms. The Morgan fingerprint density at radius 2 is 1.84 bits per heavy atom. The first-order valence-corrected chi connectivity index (χ1v) is 10.5. The largest absolute Gasteiger partial charge is 0.375 e. The van der Waals surface area contributed by atoms with Gasteiger partial charge in [0, 0.05) is 18.8 Å². The molecule has 1 saturated carbocycles. The molecule has 1 spiro atoms. The van der Waals surface area contributed by atoms with Crippen LogP contribution < -0.4 is 5.32 Å². The molecule has 1 saturated heterocycles. The lowest BCUT2D eigenvalue weighted by Gasteiger charge is -2.36. The summed E-state index contributed by atoms with van der Waals surface area (Å²) in [4.78, 5) is 2.66. The molecular weight excluding hydrogens is 304 g/mol. The van der Waals surface area contributed by atoms with E-state index in [1.807, 2.05) is 0 Å². The molecule has 1 unspecified atom stereocenters. The lowest BCUT2D eigenvalue weighted by Crippen LogP contribution is -2.35. The number of nitrogens with one attached hydrogen (secondary N) is 1. The van der Waals surface area contributed by atoms with Gasteiger partial charge in [-0.05, 0) is 88.3 Å². The highest BCUT2D eigenvalue weighted by Gasteiger charge is 2.54. The fourth-order valence-corrected chi connectivity index (χ4v) is 5.00. The summed E-state index contributed by atoms with van der Waals surface area (Å²) in [5, 5.41) is 3.75. The van der Waals surface area contributed by atoms with E-state index < -0.39 is 0 Å². The first kappa shape index (κ1) is 17.1. The molecular formula is C23H34N2. The zero-order valence-electron chi connectivity index (χ0n) is 15.7. The van der Waals surface area contributed by atoms with Crippen molar-refractivity contribution in [2.75, 3.05) is 26.2 Å². The van der Waals surface area contributed by atoms with Crippen molar-refractivity contribution >= 4 is 0 Å². The zero-order chi connectivity index (χ0) is 17.0. The molecule has 2 heteroatoms. The molecule has 4 rings (SSSR count). The zero-order valence-corrected chi connectivity index (χ0v) is 15.7. The van der Waals surface area contributed by atoms with Crippen LogP contribution in [0.25, 0.3) is 0 Å². The molecule has 0 aromatic heterocycles. The van der Waals surface area contributed by atoms with Crippen molar-refractivity contribution in [2.45, 2.75) is 57.8 Å². The number of piperidine rings is 1. The van der Waals surface area contributed by atoms with Gasteiger partial charge >= 0.3 is 0 Å². The van der Waals surface area contributed by atoms with Crippen molar-refractivity contribution in [1.82, 2.24) is 10.2 Å². The molecule has 0 aromatic rings. The molecule has 2 fully saturated rings. The minimum Gasteiger partial charge on any atom is -0.375 e. The smallest absolute Gasteiger partial charge is 0.0180 e. The van der Waals surface area contributed by atoms with Gasteiger partial charge in [-0.2, -0.15) is 0 Å². The van der Waals surface area contributed by atoms with E-state index in [9.17, 15) is 0 Å². The lowest BCUT2D eigenvalue weighted by atomic mass is 9.90. The van der Waals surface area contributed by atoms with Crippen LogP contribution in [-0.4, -0.2) is 31.1 Å². The topological polar surface area (TPSA) is 15.3 Å². The van der Waals surface area contributed by atoms with E-state index in [1.54, 1.807) is 11.3 Å². The Labute approximate surface area is 153 Å². The monoisotopic (exact) mass is 338 g/mol. The van der Waals surface area contributed by atoms with E-state index >= 15 is 0 Å². The maximum absolute atomic E-state index is 3.75. The third kappa shape index (κ3) is 4.28. The maximum Gasteiger partial charge on any atom is 0.0180 e. The molecule has 1 atom stereocenters. The third-order valence-corrected chi connectivity index (χ3v) is 6.86. The average Bonchev–Trinajstić information content (AvgIpc) is 3.35. The summed E-state index contributed by atoms with van der Waals surface area (Å²) < 4.78 is 0. The van der Waals surface area contributed by atoms with Gasteiger partial charge in [0.2, 0.25) is 0 Å². The fraction of sp³-hybridized carbons (Fsp3) is 0.652. The number of hydrogen-bond acceptors (Lipinski definition) is 2. The van der Waals surface area contributed by atoms with Gasteiger partial charge in [-0.3, -0.25) is 0 Å². The third-order valence-electron chi connectivity index (χ3n) is 6.86. The number of rotatable bonds is 7. The average molecular weight is 339 g/mol. The molecule has 4 aliphatic rings. The summed E-state index contributed by atoms with van der Waals surface area (Å²) >= 11 is 0. The fourth-order valence-electron chi connectivity index (χ4n) is 5.00. The Kier molecular flexibility index (Phi) is 5.45. The Morgan fingerprint density at radius 1 is 1.04 bits per heavy atom. The molecule has 0 radical (unpaired) electrons. The van der Waals surface area contributed by atoms with Crippen molar-refractivity contribution in [1.29, 1.82) is 0 Å². The van der Waals surface area contributed by atoms with Crippen LogP contribution in [0.5, 0.6) is 0 Å². The van der Waals surface area contributed by atoms with Gasteiger partial charge in [0.25, 0.3) is 0 Å². The molecule has 1 heterocycles. The van der Waals surface area contributed by atoms with E-state index in [1.165, 1.54) is 84.0 Å². The normalized spacial score (nSPS) is 27.4. The Balaban J connectivity index is 1.12. The van der Waals surface area contributed by atoms with Crippen LogP contribution in [0, 0.1) is 11.3 Å². The number of likely N-dealkylation sites (tertiary alicyclic amines) is 1. The van der Waals surface area contributed by atoms with Crippen LogP contribution in [0.3, 0.4) is 0 Å². The van der Waals surface area contributed by atoms with Crippen molar-refractivity contribution in [2.24, 2.45) is 11.3 Å². The van der Waals surface area contributed by atoms with E-state index in [0.29, 0.717) is 5.41 Å². The van der Waals surface area contributed by atoms with Crippen molar-refractivity contribution in [3.05, 3.63) is 47.7 Å². The van der Waals surface area contributed by atoms with Crippen LogP contribution in [0.2, 0.25) is 0 Å². The van der Waals surface area contributed by atoms with Crippen LogP contribution in [0.4, 0.5) is 0 Å². The molecule has 136 valence electrons. The second kappa shape index (κ2) is 7.95. The first-order chi connectivity index (χ1) is 12.4. The van der Waals surface area contributed by atoms with Crippen molar-refractivity contribution in [3.63, 3.8) is 0 Å². The molecule has 1 aliphatic heterocycles. The second-order valence-corrected chi connectivity index (χ2v) is 8.47. The van der Waals surface area contributed by atoms with Gasteiger partial charge in [-0.15, -0.1) is 0 Å². The summed E-state index contributed by atoms with van der Waals surface area (Å²) in [5.74, 6) is 0.951. The molecule has 2 nitrogen and oxygen atoms in total. The Hall–Kier alpha value is -1.28. The summed E-state index contributed by atoms with van der Waals surface area (Å²) in [5.41, 5.74) is 3.93. The molecule has 0 amide bonds. The number of hydrogen-bond donors (Lipinski definition) is 1. The van der Waals surface area contributed by atoms with Gasteiger partial charge in [0.15, 0.2) is 0 Å². The van der Waals surface area contributed by atoms with E-state index in [4.69, 9.17) is 0 Å². The maximum atomic E-state index is 3.75. The summed E-state index contributed by atoms with van der Waals surface area (Å²) in [6.07, 6.45) is 25.6. The Bertz CT molecular complexity index is 573. The molecule has 3 aliphatic carbocycles. The SMILES string of the molecule is C1=CCCC(CCCNCC2CC23CCN(C2=CC=CCC2)CC3)=C1. The van der Waals surface area contributed by atoms with E-state index in [0.717, 1.165) is 5.92 Å². The van der Waals surface area contributed by atoms with Crippen LogP contribution in [0.1, 0.15) is 57.8 Å². The second-order valence-electron chi connectivity index (χ2n) is 8.47. The number of allylic oxidation sites excluding steroid dienone is 8. The van der Waals surface area contributed by atoms with Gasteiger partial charge in [0.1, 0.15) is 0 Å². The van der Waals surface area contributed by atoms with Gasteiger partial charge < -0.3 is 10.2 Å². The van der Waals surface area contributed by atoms with Gasteiger partial charge in [0.05, 0.1) is 0 Å². The van der Waals surface area contributed by atoms with Crippen LogP contribution >= 0.6 is 0 Å². The lowest BCUT2D eigenvalue weighted by molar-refractivity contribution is 0.193. The Morgan fingerprint density at radius 3 is 2.56 bits per heavy atom. The van der Waals surface area contributed by atoms with Crippen LogP contribution in [0.15, 0.2) is 47.7 Å². The minimum absolute atomic E-state index is 0.700. The van der Waals surface area contributed by atoms with E-state index in [2.05, 4.69) is 46.7 Å². The highest BCUT2D eigenvalue weighted by atomic mass is 15.1. The van der Waals surface area contributed by atoms with Gasteiger partial charge in [-0.1, -0.05) is 36.0 Å². The summed E-state index contributed by atoms with van der Waals surface area (Å²) in [7, 11) is 0.